The van der Waals surface area contributed by atoms with Gasteiger partial charge in [-0.05, 0) is 38.3 Å². The number of nitrogens with zero attached hydrogens (tertiary/aromatic N) is 3. The number of rotatable bonds is 8. The fourth-order valence-corrected chi connectivity index (χ4v) is 3.42. The molecule has 0 amide bonds. The van der Waals surface area contributed by atoms with Gasteiger partial charge in [0.2, 0.25) is 0 Å². The summed E-state index contributed by atoms with van der Waals surface area (Å²) in [4.78, 5) is 11.4. The summed E-state index contributed by atoms with van der Waals surface area (Å²) in [6.07, 6.45) is 3.25. The van der Waals surface area contributed by atoms with Crippen molar-refractivity contribution in [2.45, 2.75) is 43.8 Å². The molecule has 3 rings (SSSR count). The molecule has 0 atom stereocenters. The van der Waals surface area contributed by atoms with Crippen LogP contribution in [0.2, 0.25) is 0 Å². The quantitative estimate of drug-likeness (QED) is 0.411. The molecule has 0 N–H and O–H groups in total. The predicted octanol–water partition coefficient (Wildman–Crippen LogP) is 3.85. The second kappa shape index (κ2) is 7.79. The zero-order valence-electron chi connectivity index (χ0n) is 13.6. The lowest BCUT2D eigenvalue weighted by Crippen LogP contribution is -2.04. The first-order chi connectivity index (χ1) is 11.7. The summed E-state index contributed by atoms with van der Waals surface area (Å²) >= 11 is 1.56. The molecule has 1 fully saturated rings. The zero-order chi connectivity index (χ0) is 16.9. The van der Waals surface area contributed by atoms with Gasteiger partial charge in [0.1, 0.15) is 5.82 Å². The van der Waals surface area contributed by atoms with Crippen LogP contribution >= 0.6 is 11.8 Å². The molecule has 1 aromatic carbocycles. The molecule has 1 aliphatic rings. The number of hydrogen-bond acceptors (Lipinski definition) is 5. The minimum atomic E-state index is -0.286. The topological polar surface area (TPSA) is 57.0 Å². The van der Waals surface area contributed by atoms with Gasteiger partial charge < -0.3 is 4.74 Å². The Balaban J connectivity index is 1.69. The van der Waals surface area contributed by atoms with Gasteiger partial charge in [-0.2, -0.15) is 0 Å². The van der Waals surface area contributed by atoms with Gasteiger partial charge in [0.25, 0.3) is 0 Å². The van der Waals surface area contributed by atoms with E-state index in [0.29, 0.717) is 30.5 Å². The van der Waals surface area contributed by atoms with Gasteiger partial charge >= 0.3 is 5.97 Å². The van der Waals surface area contributed by atoms with Crippen molar-refractivity contribution in [1.29, 1.82) is 0 Å². The maximum atomic E-state index is 14.1. The first-order valence-electron chi connectivity index (χ1n) is 8.19. The molecule has 1 saturated carbocycles. The number of aromatic nitrogens is 3. The van der Waals surface area contributed by atoms with Crippen LogP contribution in [-0.4, -0.2) is 33.1 Å². The van der Waals surface area contributed by atoms with Gasteiger partial charge in [-0.15, -0.1) is 10.2 Å². The number of thioether (sulfide) groups is 1. The SMILES string of the molecule is CCOC(=O)CCCSc1nnc(-c2ccccc2F)n1C1CC1. The van der Waals surface area contributed by atoms with Gasteiger partial charge in [-0.1, -0.05) is 23.9 Å². The van der Waals surface area contributed by atoms with E-state index in [2.05, 4.69) is 10.2 Å². The molecule has 0 saturated heterocycles. The van der Waals surface area contributed by atoms with Crippen LogP contribution in [0.3, 0.4) is 0 Å². The second-order valence-electron chi connectivity index (χ2n) is 5.64. The number of halogens is 1. The van der Waals surface area contributed by atoms with Crippen molar-refractivity contribution in [2.75, 3.05) is 12.4 Å². The number of carbonyl (C=O) groups excluding carboxylic acids is 1. The second-order valence-corrected chi connectivity index (χ2v) is 6.71. The van der Waals surface area contributed by atoms with E-state index >= 15 is 0 Å². The molecular formula is C17H20FN3O2S. The summed E-state index contributed by atoms with van der Waals surface area (Å²) in [7, 11) is 0. The molecule has 24 heavy (non-hydrogen) atoms. The third-order valence-corrected chi connectivity index (χ3v) is 4.78. The van der Waals surface area contributed by atoms with Crippen molar-refractivity contribution in [3.8, 4) is 11.4 Å². The molecule has 0 radical (unpaired) electrons. The fraction of sp³-hybridized carbons (Fsp3) is 0.471. The highest BCUT2D eigenvalue weighted by atomic mass is 32.2. The van der Waals surface area contributed by atoms with Gasteiger partial charge in [0, 0.05) is 18.2 Å². The van der Waals surface area contributed by atoms with Crippen molar-refractivity contribution in [3.05, 3.63) is 30.1 Å². The molecule has 0 bridgehead atoms. The number of esters is 1. The molecule has 0 spiro atoms. The van der Waals surface area contributed by atoms with E-state index in [-0.39, 0.29) is 11.8 Å². The van der Waals surface area contributed by atoms with Crippen LogP contribution in [0.4, 0.5) is 4.39 Å². The van der Waals surface area contributed by atoms with Crippen LogP contribution in [-0.2, 0) is 9.53 Å². The maximum absolute atomic E-state index is 14.1. The molecule has 1 aliphatic carbocycles. The Morgan fingerprint density at radius 3 is 2.88 bits per heavy atom. The van der Waals surface area contributed by atoms with Crippen LogP contribution in [0.25, 0.3) is 11.4 Å². The lowest BCUT2D eigenvalue weighted by atomic mass is 10.2. The van der Waals surface area contributed by atoms with Crippen LogP contribution in [0, 0.1) is 5.82 Å². The van der Waals surface area contributed by atoms with Crippen LogP contribution in [0.15, 0.2) is 29.4 Å². The number of benzene rings is 1. The first-order valence-corrected chi connectivity index (χ1v) is 9.17. The molecular weight excluding hydrogens is 329 g/mol. The van der Waals surface area contributed by atoms with Crippen molar-refractivity contribution < 1.29 is 13.9 Å². The molecule has 0 aliphatic heterocycles. The summed E-state index contributed by atoms with van der Waals surface area (Å²) < 4.78 is 21.0. The number of hydrogen-bond donors (Lipinski definition) is 0. The highest BCUT2D eigenvalue weighted by Crippen LogP contribution is 2.41. The Hall–Kier alpha value is -1.89. The van der Waals surface area contributed by atoms with Gasteiger partial charge in [0.15, 0.2) is 11.0 Å². The monoisotopic (exact) mass is 349 g/mol. The molecule has 128 valence electrons. The normalized spacial score (nSPS) is 13.9. The third kappa shape index (κ3) is 3.95. The Morgan fingerprint density at radius 1 is 1.38 bits per heavy atom. The summed E-state index contributed by atoms with van der Waals surface area (Å²) in [6.45, 7) is 2.21. The van der Waals surface area contributed by atoms with Crippen molar-refractivity contribution in [1.82, 2.24) is 14.8 Å². The van der Waals surface area contributed by atoms with E-state index in [1.54, 1.807) is 36.9 Å². The Kier molecular flexibility index (Phi) is 5.50. The Bertz CT molecular complexity index is 716. The first kappa shape index (κ1) is 17.0. The van der Waals surface area contributed by atoms with E-state index in [1.165, 1.54) is 6.07 Å². The lowest BCUT2D eigenvalue weighted by Gasteiger charge is -2.09. The van der Waals surface area contributed by atoms with Gasteiger partial charge in [-0.25, -0.2) is 4.39 Å². The summed E-state index contributed by atoms with van der Waals surface area (Å²) in [5, 5.41) is 9.24. The largest absolute Gasteiger partial charge is 0.466 e. The van der Waals surface area contributed by atoms with Crippen molar-refractivity contribution in [2.24, 2.45) is 0 Å². The summed E-state index contributed by atoms with van der Waals surface area (Å²) in [5.74, 6) is 0.879. The molecule has 2 aromatic rings. The van der Waals surface area contributed by atoms with E-state index in [4.69, 9.17) is 4.74 Å². The lowest BCUT2D eigenvalue weighted by molar-refractivity contribution is -0.143. The zero-order valence-corrected chi connectivity index (χ0v) is 14.4. The minimum absolute atomic E-state index is 0.172. The third-order valence-electron chi connectivity index (χ3n) is 3.75. The predicted molar refractivity (Wildman–Crippen MR) is 90.3 cm³/mol. The highest BCUT2D eigenvalue weighted by Gasteiger charge is 2.30. The van der Waals surface area contributed by atoms with Crippen LogP contribution in [0.1, 0.15) is 38.6 Å². The summed E-state index contributed by atoms with van der Waals surface area (Å²) in [5.41, 5.74) is 0.482. The standard InChI is InChI=1S/C17H20FN3O2S/c1-2-23-15(22)8-5-11-24-17-20-19-16(21(17)12-9-10-12)13-6-3-4-7-14(13)18/h3-4,6-7,12H,2,5,8-11H2,1H3. The number of ether oxygens (including phenoxy) is 1. The van der Waals surface area contributed by atoms with E-state index in [0.717, 1.165) is 30.2 Å². The highest BCUT2D eigenvalue weighted by molar-refractivity contribution is 7.99. The maximum Gasteiger partial charge on any atom is 0.305 e. The smallest absolute Gasteiger partial charge is 0.305 e. The molecule has 7 heteroatoms. The minimum Gasteiger partial charge on any atom is -0.466 e. The van der Waals surface area contributed by atoms with Crippen molar-refractivity contribution in [3.63, 3.8) is 0 Å². The molecule has 1 aromatic heterocycles. The Morgan fingerprint density at radius 2 is 2.17 bits per heavy atom. The fourth-order valence-electron chi connectivity index (χ4n) is 2.48. The average molecular weight is 349 g/mol. The van der Waals surface area contributed by atoms with Gasteiger partial charge in [-0.3, -0.25) is 9.36 Å². The summed E-state index contributed by atoms with van der Waals surface area (Å²) in [6, 6.07) is 6.99. The van der Waals surface area contributed by atoms with E-state index < -0.39 is 0 Å². The van der Waals surface area contributed by atoms with Crippen LogP contribution < -0.4 is 0 Å². The number of carbonyl (C=O) groups is 1. The van der Waals surface area contributed by atoms with E-state index in [9.17, 15) is 9.18 Å². The molecule has 5 nitrogen and oxygen atoms in total. The van der Waals surface area contributed by atoms with Gasteiger partial charge in [0.05, 0.1) is 12.2 Å². The van der Waals surface area contributed by atoms with Crippen LogP contribution in [0.5, 0.6) is 0 Å². The average Bonchev–Trinajstić information content (AvgIpc) is 3.33. The van der Waals surface area contributed by atoms with E-state index in [1.807, 2.05) is 4.57 Å². The Labute approximate surface area is 144 Å². The van der Waals surface area contributed by atoms with Crippen molar-refractivity contribution >= 4 is 17.7 Å². The molecule has 1 heterocycles. The molecule has 0 unspecified atom stereocenters.